The predicted octanol–water partition coefficient (Wildman–Crippen LogP) is 1.96. The van der Waals surface area contributed by atoms with Gasteiger partial charge in [-0.15, -0.1) is 0 Å². The Morgan fingerprint density at radius 1 is 1.58 bits per heavy atom. The summed E-state index contributed by atoms with van der Waals surface area (Å²) in [5.41, 5.74) is 0.0535. The molecule has 0 atom stereocenters. The molecule has 0 N–H and O–H groups in total. The molecule has 0 heterocycles. The predicted molar refractivity (Wildman–Crippen MR) is 36.6 cm³/mol. The zero-order chi connectivity index (χ0) is 8.97. The van der Waals surface area contributed by atoms with E-state index in [2.05, 4.69) is 10.8 Å². The highest BCUT2D eigenvalue weighted by Crippen LogP contribution is 2.18. The fraction of sp³-hybridized carbons (Fsp3) is 0.125. The molecule has 2 nitrogen and oxygen atoms in total. The van der Waals surface area contributed by atoms with Crippen molar-refractivity contribution in [1.29, 1.82) is 5.26 Å². The van der Waals surface area contributed by atoms with Crippen molar-refractivity contribution in [2.75, 3.05) is 0 Å². The Hall–Kier alpha value is -1.63. The molecule has 61 valence electrons. The Labute approximate surface area is 68.0 Å². The standard InChI is InChI=1S/C8H4F2NO/c9-8(10)12-7-4-2-1-3-6(7)5-11/h2-4,8H. The number of alkyl halides is 2. The van der Waals surface area contributed by atoms with Crippen molar-refractivity contribution in [3.63, 3.8) is 0 Å². The quantitative estimate of drug-likeness (QED) is 0.676. The molecule has 0 aliphatic rings. The van der Waals surface area contributed by atoms with E-state index in [0.717, 1.165) is 0 Å². The Balaban J connectivity index is 2.91. The normalized spacial score (nSPS) is 9.50. The van der Waals surface area contributed by atoms with Crippen molar-refractivity contribution in [3.8, 4) is 11.8 Å². The maximum Gasteiger partial charge on any atom is 0.387 e. The zero-order valence-corrected chi connectivity index (χ0v) is 5.92. The van der Waals surface area contributed by atoms with Crippen LogP contribution in [0.1, 0.15) is 5.56 Å². The van der Waals surface area contributed by atoms with Crippen LogP contribution in [0.3, 0.4) is 0 Å². The largest absolute Gasteiger partial charge is 0.433 e. The van der Waals surface area contributed by atoms with Crippen LogP contribution < -0.4 is 4.74 Å². The van der Waals surface area contributed by atoms with E-state index < -0.39 is 6.61 Å². The first-order valence-electron chi connectivity index (χ1n) is 3.09. The third-order valence-corrected chi connectivity index (χ3v) is 1.16. The van der Waals surface area contributed by atoms with Gasteiger partial charge in [-0.05, 0) is 18.2 Å². The number of nitriles is 1. The summed E-state index contributed by atoms with van der Waals surface area (Å²) in [7, 11) is 0. The van der Waals surface area contributed by atoms with Gasteiger partial charge < -0.3 is 4.74 Å². The van der Waals surface area contributed by atoms with Crippen molar-refractivity contribution >= 4 is 0 Å². The van der Waals surface area contributed by atoms with Gasteiger partial charge in [0.15, 0.2) is 0 Å². The monoisotopic (exact) mass is 168 g/mol. The molecule has 4 heteroatoms. The number of hydrogen-bond acceptors (Lipinski definition) is 2. The Morgan fingerprint density at radius 2 is 2.33 bits per heavy atom. The van der Waals surface area contributed by atoms with E-state index in [9.17, 15) is 8.78 Å². The van der Waals surface area contributed by atoms with E-state index in [1.807, 2.05) is 0 Å². The minimum atomic E-state index is -2.90. The van der Waals surface area contributed by atoms with Crippen molar-refractivity contribution in [3.05, 3.63) is 29.8 Å². The molecule has 0 spiro atoms. The van der Waals surface area contributed by atoms with Crippen molar-refractivity contribution in [2.45, 2.75) is 6.61 Å². The molecule has 0 bridgehead atoms. The van der Waals surface area contributed by atoms with Gasteiger partial charge in [-0.1, -0.05) is 6.07 Å². The average Bonchev–Trinajstić information content (AvgIpc) is 2.04. The summed E-state index contributed by atoms with van der Waals surface area (Å²) in [4.78, 5) is 0. The summed E-state index contributed by atoms with van der Waals surface area (Å²) in [5.74, 6) is -0.119. The third kappa shape index (κ3) is 1.92. The fourth-order valence-electron chi connectivity index (χ4n) is 0.702. The van der Waals surface area contributed by atoms with Gasteiger partial charge >= 0.3 is 6.61 Å². The smallest absolute Gasteiger partial charge is 0.387 e. The van der Waals surface area contributed by atoms with E-state index in [0.29, 0.717) is 0 Å². The van der Waals surface area contributed by atoms with Gasteiger partial charge in [0, 0.05) is 0 Å². The summed E-state index contributed by atoms with van der Waals surface area (Å²) < 4.78 is 27.5. The van der Waals surface area contributed by atoms with E-state index in [4.69, 9.17) is 5.26 Å². The van der Waals surface area contributed by atoms with Gasteiger partial charge in [0.2, 0.25) is 0 Å². The highest BCUT2D eigenvalue weighted by Gasteiger charge is 2.07. The summed E-state index contributed by atoms with van der Waals surface area (Å²) in [6.45, 7) is -2.90. The molecule has 1 aromatic carbocycles. The first kappa shape index (κ1) is 8.47. The minimum absolute atomic E-state index is 0.0535. The van der Waals surface area contributed by atoms with Gasteiger partial charge in [-0.3, -0.25) is 0 Å². The zero-order valence-electron chi connectivity index (χ0n) is 5.92. The molecule has 0 unspecified atom stereocenters. The number of benzene rings is 1. The SMILES string of the molecule is N#Cc1c[c]ccc1OC(F)F. The van der Waals surface area contributed by atoms with Crippen LogP contribution in [0.25, 0.3) is 0 Å². The Kier molecular flexibility index (Phi) is 2.59. The minimum Gasteiger partial charge on any atom is -0.433 e. The average molecular weight is 168 g/mol. The van der Waals surface area contributed by atoms with Crippen molar-refractivity contribution < 1.29 is 13.5 Å². The summed E-state index contributed by atoms with van der Waals surface area (Å²) in [6, 6.07) is 8.25. The summed E-state index contributed by atoms with van der Waals surface area (Å²) in [6.07, 6.45) is 0. The molecule has 0 saturated heterocycles. The lowest BCUT2D eigenvalue weighted by Crippen LogP contribution is -2.03. The van der Waals surface area contributed by atoms with Gasteiger partial charge in [0.05, 0.1) is 5.56 Å². The van der Waals surface area contributed by atoms with Crippen molar-refractivity contribution in [1.82, 2.24) is 0 Å². The first-order chi connectivity index (χ1) is 5.74. The molecule has 0 aromatic heterocycles. The molecule has 1 radical (unpaired) electrons. The molecule has 0 saturated carbocycles. The molecule has 12 heavy (non-hydrogen) atoms. The number of nitrogens with zero attached hydrogens (tertiary/aromatic N) is 1. The van der Waals surface area contributed by atoms with Crippen LogP contribution in [0.4, 0.5) is 8.78 Å². The summed E-state index contributed by atoms with van der Waals surface area (Å²) in [5, 5.41) is 8.44. The number of hydrogen-bond donors (Lipinski definition) is 0. The van der Waals surface area contributed by atoms with E-state index in [1.54, 1.807) is 6.07 Å². The molecular weight excluding hydrogens is 164 g/mol. The fourth-order valence-corrected chi connectivity index (χ4v) is 0.702. The number of rotatable bonds is 2. The second-order valence-electron chi connectivity index (χ2n) is 1.91. The molecule has 0 amide bonds. The number of ether oxygens (including phenoxy) is 1. The third-order valence-electron chi connectivity index (χ3n) is 1.16. The maximum atomic E-state index is 11.7. The van der Waals surface area contributed by atoms with Crippen LogP contribution in [0.15, 0.2) is 18.2 Å². The second-order valence-corrected chi connectivity index (χ2v) is 1.91. The molecule has 1 rings (SSSR count). The van der Waals surface area contributed by atoms with Gasteiger partial charge in [-0.2, -0.15) is 14.0 Å². The Bertz CT molecular complexity index is 306. The highest BCUT2D eigenvalue weighted by molar-refractivity contribution is 5.42. The topological polar surface area (TPSA) is 33.0 Å². The summed E-state index contributed by atoms with van der Waals surface area (Å²) >= 11 is 0. The van der Waals surface area contributed by atoms with Gasteiger partial charge in [0.25, 0.3) is 0 Å². The maximum absolute atomic E-state index is 11.7. The first-order valence-corrected chi connectivity index (χ1v) is 3.09. The van der Waals surface area contributed by atoms with Gasteiger partial charge in [0.1, 0.15) is 11.8 Å². The van der Waals surface area contributed by atoms with Crippen LogP contribution >= 0.6 is 0 Å². The van der Waals surface area contributed by atoms with Crippen LogP contribution in [-0.2, 0) is 0 Å². The van der Waals surface area contributed by atoms with Crippen LogP contribution in [-0.4, -0.2) is 6.61 Å². The molecule has 0 aliphatic heterocycles. The highest BCUT2D eigenvalue weighted by atomic mass is 19.3. The molecule has 0 fully saturated rings. The van der Waals surface area contributed by atoms with Crippen LogP contribution in [0.5, 0.6) is 5.75 Å². The Morgan fingerprint density at radius 3 is 2.92 bits per heavy atom. The van der Waals surface area contributed by atoms with E-state index in [-0.39, 0.29) is 11.3 Å². The molecule has 0 aliphatic carbocycles. The lowest BCUT2D eigenvalue weighted by atomic mass is 10.2. The van der Waals surface area contributed by atoms with Crippen LogP contribution in [0, 0.1) is 17.4 Å². The lowest BCUT2D eigenvalue weighted by molar-refractivity contribution is -0.0500. The van der Waals surface area contributed by atoms with E-state index in [1.165, 1.54) is 18.2 Å². The van der Waals surface area contributed by atoms with E-state index >= 15 is 0 Å². The molecule has 1 aromatic rings. The number of halogens is 2. The van der Waals surface area contributed by atoms with Crippen molar-refractivity contribution in [2.24, 2.45) is 0 Å². The second kappa shape index (κ2) is 3.67. The van der Waals surface area contributed by atoms with Crippen LogP contribution in [0.2, 0.25) is 0 Å². The lowest BCUT2D eigenvalue weighted by Gasteiger charge is -2.04. The van der Waals surface area contributed by atoms with Gasteiger partial charge in [-0.25, -0.2) is 0 Å². The molecular formula is C8H4F2NO.